The SMILES string of the molecule is C=C(CN)Nc1nc(-c2cccc(-c3cc[nH]n3)c2)cs1. The van der Waals surface area contributed by atoms with Gasteiger partial charge < -0.3 is 11.1 Å². The number of benzene rings is 1. The molecule has 6 heteroatoms. The Kier molecular flexibility index (Phi) is 3.81. The standard InChI is InChI=1S/C15H15N5S/c1-10(8-16)18-15-19-14(9-21-15)12-4-2-3-11(7-12)13-5-6-17-20-13/h2-7,9H,1,8,16H2,(H,17,20)(H,18,19). The van der Waals surface area contributed by atoms with Gasteiger partial charge in [-0.1, -0.05) is 24.8 Å². The van der Waals surface area contributed by atoms with Gasteiger partial charge in [0, 0.05) is 34.9 Å². The van der Waals surface area contributed by atoms with Gasteiger partial charge in [-0.2, -0.15) is 5.10 Å². The summed E-state index contributed by atoms with van der Waals surface area (Å²) in [5, 5.41) is 12.9. The van der Waals surface area contributed by atoms with Crippen LogP contribution in [0.3, 0.4) is 0 Å². The van der Waals surface area contributed by atoms with Crippen LogP contribution in [0.2, 0.25) is 0 Å². The number of nitrogens with two attached hydrogens (primary N) is 1. The fraction of sp³-hybridized carbons (Fsp3) is 0.0667. The van der Waals surface area contributed by atoms with Gasteiger partial charge in [0.2, 0.25) is 0 Å². The van der Waals surface area contributed by atoms with Gasteiger partial charge in [-0.15, -0.1) is 11.3 Å². The molecule has 0 spiro atoms. The maximum absolute atomic E-state index is 5.52. The zero-order valence-electron chi connectivity index (χ0n) is 11.3. The number of nitrogens with zero attached hydrogens (tertiary/aromatic N) is 2. The van der Waals surface area contributed by atoms with Crippen LogP contribution in [0.25, 0.3) is 22.5 Å². The van der Waals surface area contributed by atoms with Crippen molar-refractivity contribution in [2.75, 3.05) is 11.9 Å². The molecular formula is C15H15N5S. The van der Waals surface area contributed by atoms with Gasteiger partial charge in [-0.05, 0) is 12.1 Å². The summed E-state index contributed by atoms with van der Waals surface area (Å²) >= 11 is 1.53. The van der Waals surface area contributed by atoms with Crippen molar-refractivity contribution in [2.24, 2.45) is 5.73 Å². The minimum atomic E-state index is 0.392. The average molecular weight is 297 g/mol. The lowest BCUT2D eigenvalue weighted by atomic mass is 10.1. The number of nitrogens with one attached hydrogen (secondary N) is 2. The van der Waals surface area contributed by atoms with Crippen LogP contribution in [0.5, 0.6) is 0 Å². The van der Waals surface area contributed by atoms with E-state index in [2.05, 4.69) is 33.1 Å². The highest BCUT2D eigenvalue weighted by Crippen LogP contribution is 2.28. The van der Waals surface area contributed by atoms with Crippen molar-refractivity contribution >= 4 is 16.5 Å². The van der Waals surface area contributed by atoms with Gasteiger partial charge in [0.25, 0.3) is 0 Å². The van der Waals surface area contributed by atoms with E-state index in [1.165, 1.54) is 11.3 Å². The number of H-pyrrole nitrogens is 1. The van der Waals surface area contributed by atoms with Gasteiger partial charge >= 0.3 is 0 Å². The third kappa shape index (κ3) is 3.01. The summed E-state index contributed by atoms with van der Waals surface area (Å²) < 4.78 is 0. The van der Waals surface area contributed by atoms with E-state index in [4.69, 9.17) is 5.73 Å². The Morgan fingerprint density at radius 2 is 2.10 bits per heavy atom. The van der Waals surface area contributed by atoms with E-state index < -0.39 is 0 Å². The van der Waals surface area contributed by atoms with Crippen LogP contribution in [0, 0.1) is 0 Å². The molecule has 3 rings (SSSR count). The van der Waals surface area contributed by atoms with Crippen LogP contribution in [-0.4, -0.2) is 21.7 Å². The molecule has 0 aliphatic heterocycles. The molecule has 4 N–H and O–H groups in total. The fourth-order valence-electron chi connectivity index (χ4n) is 1.92. The van der Waals surface area contributed by atoms with E-state index in [1.807, 2.05) is 35.8 Å². The second-order valence-corrected chi connectivity index (χ2v) is 5.37. The van der Waals surface area contributed by atoms with E-state index in [-0.39, 0.29) is 0 Å². The van der Waals surface area contributed by atoms with Crippen molar-refractivity contribution in [3.63, 3.8) is 0 Å². The summed E-state index contributed by atoms with van der Waals surface area (Å²) in [5.74, 6) is 0. The smallest absolute Gasteiger partial charge is 0.187 e. The molecule has 0 aliphatic carbocycles. The molecule has 2 aromatic heterocycles. The van der Waals surface area contributed by atoms with Gasteiger partial charge in [-0.25, -0.2) is 4.98 Å². The second-order valence-electron chi connectivity index (χ2n) is 4.51. The normalized spacial score (nSPS) is 10.5. The number of anilines is 1. The van der Waals surface area contributed by atoms with E-state index in [0.29, 0.717) is 6.54 Å². The maximum Gasteiger partial charge on any atom is 0.187 e. The van der Waals surface area contributed by atoms with Gasteiger partial charge in [-0.3, -0.25) is 5.10 Å². The fourth-order valence-corrected chi connectivity index (χ4v) is 2.69. The molecule has 5 nitrogen and oxygen atoms in total. The highest BCUT2D eigenvalue weighted by Gasteiger charge is 2.07. The van der Waals surface area contributed by atoms with E-state index in [9.17, 15) is 0 Å². The predicted molar refractivity (Wildman–Crippen MR) is 86.9 cm³/mol. The first-order chi connectivity index (χ1) is 10.3. The Morgan fingerprint density at radius 1 is 1.29 bits per heavy atom. The number of thiazole rings is 1. The van der Waals surface area contributed by atoms with Crippen LogP contribution < -0.4 is 11.1 Å². The van der Waals surface area contributed by atoms with Gasteiger partial charge in [0.15, 0.2) is 5.13 Å². The molecule has 106 valence electrons. The Labute approximate surface area is 126 Å². The molecule has 0 amide bonds. The molecule has 3 aromatic rings. The summed E-state index contributed by atoms with van der Waals surface area (Å²) in [6.07, 6.45) is 1.81. The molecule has 0 aliphatic rings. The first kappa shape index (κ1) is 13.5. The lowest BCUT2D eigenvalue weighted by Crippen LogP contribution is -2.09. The van der Waals surface area contributed by atoms with Gasteiger partial charge in [0.05, 0.1) is 11.4 Å². The number of hydrogen-bond donors (Lipinski definition) is 3. The molecule has 0 saturated heterocycles. The Balaban J connectivity index is 1.87. The maximum atomic E-state index is 5.52. The lowest BCUT2D eigenvalue weighted by Gasteiger charge is -2.02. The van der Waals surface area contributed by atoms with Crippen LogP contribution in [0.4, 0.5) is 5.13 Å². The molecule has 0 unspecified atom stereocenters. The van der Waals surface area contributed by atoms with Crippen LogP contribution in [0.15, 0.2) is 54.2 Å². The Hall–Kier alpha value is -2.44. The summed E-state index contributed by atoms with van der Waals surface area (Å²) in [4.78, 5) is 4.55. The minimum absolute atomic E-state index is 0.392. The van der Waals surface area contributed by atoms with Crippen molar-refractivity contribution in [1.29, 1.82) is 0 Å². The Bertz CT molecular complexity index is 745. The highest BCUT2D eigenvalue weighted by molar-refractivity contribution is 7.14. The van der Waals surface area contributed by atoms with Crippen molar-refractivity contribution in [1.82, 2.24) is 15.2 Å². The first-order valence-corrected chi connectivity index (χ1v) is 7.35. The average Bonchev–Trinajstić information content (AvgIpc) is 3.19. The quantitative estimate of drug-likeness (QED) is 0.676. The minimum Gasteiger partial charge on any atom is -0.334 e. The van der Waals surface area contributed by atoms with E-state index in [0.717, 1.165) is 33.3 Å². The van der Waals surface area contributed by atoms with E-state index >= 15 is 0 Å². The van der Waals surface area contributed by atoms with Crippen LogP contribution >= 0.6 is 11.3 Å². The molecule has 21 heavy (non-hydrogen) atoms. The summed E-state index contributed by atoms with van der Waals surface area (Å²) in [7, 11) is 0. The number of aromatic amines is 1. The number of aromatic nitrogens is 3. The second kappa shape index (κ2) is 5.90. The predicted octanol–water partition coefficient (Wildman–Crippen LogP) is 3.08. The largest absolute Gasteiger partial charge is 0.334 e. The van der Waals surface area contributed by atoms with Crippen molar-refractivity contribution in [3.8, 4) is 22.5 Å². The zero-order chi connectivity index (χ0) is 14.7. The molecule has 0 bridgehead atoms. The summed E-state index contributed by atoms with van der Waals surface area (Å²) in [5.41, 5.74) is 10.2. The highest BCUT2D eigenvalue weighted by atomic mass is 32.1. The first-order valence-electron chi connectivity index (χ1n) is 6.47. The molecule has 0 radical (unpaired) electrons. The van der Waals surface area contributed by atoms with Crippen LogP contribution in [0.1, 0.15) is 0 Å². The lowest BCUT2D eigenvalue weighted by molar-refractivity contribution is 1.10. The summed E-state index contributed by atoms with van der Waals surface area (Å²) in [6.45, 7) is 4.21. The third-order valence-corrected chi connectivity index (χ3v) is 3.75. The molecule has 0 fully saturated rings. The molecule has 0 atom stereocenters. The topological polar surface area (TPSA) is 79.6 Å². The van der Waals surface area contributed by atoms with Crippen molar-refractivity contribution in [2.45, 2.75) is 0 Å². The zero-order valence-corrected chi connectivity index (χ0v) is 12.2. The molecular weight excluding hydrogens is 282 g/mol. The molecule has 0 saturated carbocycles. The van der Waals surface area contributed by atoms with Crippen molar-refractivity contribution < 1.29 is 0 Å². The molecule has 1 aromatic carbocycles. The monoisotopic (exact) mass is 297 g/mol. The third-order valence-electron chi connectivity index (χ3n) is 2.99. The number of rotatable bonds is 5. The molecule has 2 heterocycles. The Morgan fingerprint density at radius 3 is 2.81 bits per heavy atom. The van der Waals surface area contributed by atoms with Crippen LogP contribution in [-0.2, 0) is 0 Å². The van der Waals surface area contributed by atoms with Gasteiger partial charge in [0.1, 0.15) is 0 Å². The summed E-state index contributed by atoms with van der Waals surface area (Å²) in [6, 6.07) is 10.1. The number of hydrogen-bond acceptors (Lipinski definition) is 5. The van der Waals surface area contributed by atoms with E-state index in [1.54, 1.807) is 0 Å². The van der Waals surface area contributed by atoms with Crippen molar-refractivity contribution in [3.05, 3.63) is 54.2 Å².